The fourth-order valence-electron chi connectivity index (χ4n) is 2.15. The summed E-state index contributed by atoms with van der Waals surface area (Å²) in [6.45, 7) is 0. The zero-order valence-corrected chi connectivity index (χ0v) is 13.4. The van der Waals surface area contributed by atoms with E-state index >= 15 is 0 Å². The van der Waals surface area contributed by atoms with Gasteiger partial charge in [0, 0.05) is 16.7 Å². The van der Waals surface area contributed by atoms with E-state index in [1.54, 1.807) is 42.5 Å². The normalized spacial score (nSPS) is 10.9. The van der Waals surface area contributed by atoms with Crippen LogP contribution in [0.15, 0.2) is 77.7 Å². The van der Waals surface area contributed by atoms with Crippen LogP contribution >= 0.6 is 11.6 Å². The lowest BCUT2D eigenvalue weighted by Gasteiger charge is -2.04. The van der Waals surface area contributed by atoms with Crippen LogP contribution in [0.2, 0.25) is 5.02 Å². The first-order valence-electron chi connectivity index (χ1n) is 7.26. The average molecular weight is 337 g/mol. The topological polar surface area (TPSA) is 52.0 Å². The molecule has 0 saturated carbocycles. The predicted molar refractivity (Wildman–Crippen MR) is 94.7 cm³/mol. The molecule has 0 aliphatic rings. The molecular weight excluding hydrogens is 324 g/mol. The third-order valence-corrected chi connectivity index (χ3v) is 3.63. The van der Waals surface area contributed by atoms with Gasteiger partial charge in [-0.05, 0) is 35.9 Å². The molecule has 2 aromatic carbocycles. The monoisotopic (exact) mass is 336 g/mol. The van der Waals surface area contributed by atoms with Crippen molar-refractivity contribution in [1.82, 2.24) is 9.78 Å². The molecule has 0 radical (unpaired) electrons. The standard InChI is InChI=1S/C19H13ClN2O2/c20-16-9-6-14(7-10-16)8-11-18(23)15-12-19(24)22(21-13-15)17-4-2-1-3-5-17/h1-13H/b11-8+. The summed E-state index contributed by atoms with van der Waals surface area (Å²) in [6.07, 6.45) is 4.47. The Bertz CT molecular complexity index is 945. The second-order valence-electron chi connectivity index (χ2n) is 5.08. The van der Waals surface area contributed by atoms with E-state index in [2.05, 4.69) is 5.10 Å². The maximum atomic E-state index is 12.2. The van der Waals surface area contributed by atoms with Crippen LogP contribution in [0.5, 0.6) is 0 Å². The summed E-state index contributed by atoms with van der Waals surface area (Å²) in [5.41, 5.74) is 1.39. The summed E-state index contributed by atoms with van der Waals surface area (Å²) in [5.74, 6) is -0.283. The van der Waals surface area contributed by atoms with Crippen molar-refractivity contribution in [2.24, 2.45) is 0 Å². The Morgan fingerprint density at radius 3 is 2.42 bits per heavy atom. The summed E-state index contributed by atoms with van der Waals surface area (Å²) in [5, 5.41) is 4.70. The lowest BCUT2D eigenvalue weighted by Crippen LogP contribution is -2.21. The number of hydrogen-bond donors (Lipinski definition) is 0. The van der Waals surface area contributed by atoms with Gasteiger partial charge >= 0.3 is 0 Å². The van der Waals surface area contributed by atoms with Crippen LogP contribution in [0.3, 0.4) is 0 Å². The highest BCUT2D eigenvalue weighted by atomic mass is 35.5. The Morgan fingerprint density at radius 2 is 1.75 bits per heavy atom. The first-order chi connectivity index (χ1) is 11.6. The van der Waals surface area contributed by atoms with E-state index in [0.717, 1.165) is 5.56 Å². The molecule has 0 unspecified atom stereocenters. The molecule has 0 aliphatic heterocycles. The number of rotatable bonds is 4. The molecule has 0 saturated heterocycles. The number of hydrogen-bond acceptors (Lipinski definition) is 3. The van der Waals surface area contributed by atoms with E-state index in [1.807, 2.05) is 18.2 Å². The van der Waals surface area contributed by atoms with Gasteiger partial charge in [0.2, 0.25) is 0 Å². The van der Waals surface area contributed by atoms with Crippen molar-refractivity contribution in [3.63, 3.8) is 0 Å². The van der Waals surface area contributed by atoms with Crippen molar-refractivity contribution in [3.05, 3.63) is 99.4 Å². The van der Waals surface area contributed by atoms with Crippen molar-refractivity contribution in [1.29, 1.82) is 0 Å². The molecule has 118 valence electrons. The first-order valence-corrected chi connectivity index (χ1v) is 7.64. The smallest absolute Gasteiger partial charge is 0.272 e. The molecule has 0 bridgehead atoms. The minimum Gasteiger partial charge on any atom is -0.289 e. The van der Waals surface area contributed by atoms with E-state index in [1.165, 1.54) is 23.0 Å². The number of aromatic nitrogens is 2. The highest BCUT2D eigenvalue weighted by Gasteiger charge is 2.07. The molecule has 0 atom stereocenters. The molecule has 0 spiro atoms. The molecule has 4 nitrogen and oxygen atoms in total. The van der Waals surface area contributed by atoms with Gasteiger partial charge in [-0.1, -0.05) is 48.0 Å². The molecule has 5 heteroatoms. The van der Waals surface area contributed by atoms with Gasteiger partial charge in [-0.3, -0.25) is 9.59 Å². The number of benzene rings is 2. The second-order valence-corrected chi connectivity index (χ2v) is 5.52. The van der Waals surface area contributed by atoms with Crippen molar-refractivity contribution in [2.75, 3.05) is 0 Å². The summed E-state index contributed by atoms with van der Waals surface area (Å²) in [4.78, 5) is 24.4. The Labute approximate surface area is 143 Å². The highest BCUT2D eigenvalue weighted by molar-refractivity contribution is 6.30. The van der Waals surface area contributed by atoms with Crippen molar-refractivity contribution >= 4 is 23.5 Å². The number of para-hydroxylation sites is 1. The van der Waals surface area contributed by atoms with Gasteiger partial charge in [0.25, 0.3) is 5.56 Å². The number of allylic oxidation sites excluding steroid dienone is 1. The van der Waals surface area contributed by atoms with Crippen LogP contribution in [0.25, 0.3) is 11.8 Å². The SMILES string of the molecule is O=C(/C=C/c1ccc(Cl)cc1)c1cnn(-c2ccccc2)c(=O)c1. The molecule has 0 fully saturated rings. The van der Waals surface area contributed by atoms with Crippen LogP contribution in [0.1, 0.15) is 15.9 Å². The van der Waals surface area contributed by atoms with E-state index < -0.39 is 0 Å². The van der Waals surface area contributed by atoms with Crippen LogP contribution in [-0.4, -0.2) is 15.6 Å². The Kier molecular flexibility index (Phi) is 4.68. The lowest BCUT2D eigenvalue weighted by atomic mass is 10.1. The molecular formula is C19H13ClN2O2. The third kappa shape index (κ3) is 3.67. The summed E-state index contributed by atoms with van der Waals surface area (Å²) in [6, 6.07) is 17.4. The van der Waals surface area contributed by atoms with Crippen molar-refractivity contribution in [2.45, 2.75) is 0 Å². The first kappa shape index (κ1) is 15.9. The third-order valence-electron chi connectivity index (χ3n) is 3.38. The van der Waals surface area contributed by atoms with E-state index in [4.69, 9.17) is 11.6 Å². The molecule has 24 heavy (non-hydrogen) atoms. The quantitative estimate of drug-likeness (QED) is 0.538. The average Bonchev–Trinajstić information content (AvgIpc) is 2.61. The number of carbonyl (C=O) groups is 1. The molecule has 0 N–H and O–H groups in total. The molecule has 0 amide bonds. The zero-order valence-electron chi connectivity index (χ0n) is 12.6. The maximum absolute atomic E-state index is 12.2. The fraction of sp³-hybridized carbons (Fsp3) is 0. The lowest BCUT2D eigenvalue weighted by molar-refractivity contribution is 0.104. The minimum atomic E-state index is -0.355. The van der Waals surface area contributed by atoms with Crippen LogP contribution in [-0.2, 0) is 0 Å². The van der Waals surface area contributed by atoms with Gasteiger partial charge in [-0.2, -0.15) is 9.78 Å². The van der Waals surface area contributed by atoms with Gasteiger partial charge in [0.1, 0.15) is 0 Å². The van der Waals surface area contributed by atoms with Gasteiger partial charge in [0.15, 0.2) is 5.78 Å². The predicted octanol–water partition coefficient (Wildman–Crippen LogP) is 3.78. The summed E-state index contributed by atoms with van der Waals surface area (Å²) in [7, 11) is 0. The molecule has 1 aromatic heterocycles. The van der Waals surface area contributed by atoms with E-state index in [0.29, 0.717) is 10.7 Å². The number of halogens is 1. The van der Waals surface area contributed by atoms with Crippen LogP contribution < -0.4 is 5.56 Å². The van der Waals surface area contributed by atoms with Crippen molar-refractivity contribution in [3.8, 4) is 5.69 Å². The van der Waals surface area contributed by atoms with E-state index in [9.17, 15) is 9.59 Å². The molecule has 0 aliphatic carbocycles. The summed E-state index contributed by atoms with van der Waals surface area (Å²) < 4.78 is 1.25. The minimum absolute atomic E-state index is 0.248. The fourth-order valence-corrected chi connectivity index (χ4v) is 2.27. The number of ketones is 1. The van der Waals surface area contributed by atoms with Gasteiger partial charge < -0.3 is 0 Å². The van der Waals surface area contributed by atoms with E-state index in [-0.39, 0.29) is 16.9 Å². The molecule has 3 rings (SSSR count). The van der Waals surface area contributed by atoms with Crippen LogP contribution in [0, 0.1) is 0 Å². The van der Waals surface area contributed by atoms with Crippen LogP contribution in [0.4, 0.5) is 0 Å². The zero-order chi connectivity index (χ0) is 16.9. The Balaban J connectivity index is 1.82. The number of carbonyl (C=O) groups excluding carboxylic acids is 1. The number of nitrogens with zero attached hydrogens (tertiary/aromatic N) is 2. The largest absolute Gasteiger partial charge is 0.289 e. The highest BCUT2D eigenvalue weighted by Crippen LogP contribution is 2.11. The maximum Gasteiger partial charge on any atom is 0.272 e. The van der Waals surface area contributed by atoms with Crippen molar-refractivity contribution < 1.29 is 4.79 Å². The Hall–Kier alpha value is -2.98. The van der Waals surface area contributed by atoms with Gasteiger partial charge in [-0.15, -0.1) is 0 Å². The van der Waals surface area contributed by atoms with Gasteiger partial charge in [0.05, 0.1) is 11.9 Å². The van der Waals surface area contributed by atoms with Gasteiger partial charge in [-0.25, -0.2) is 0 Å². The molecule has 3 aromatic rings. The molecule has 1 heterocycles. The second kappa shape index (κ2) is 7.06. The Morgan fingerprint density at radius 1 is 1.04 bits per heavy atom. The summed E-state index contributed by atoms with van der Waals surface area (Å²) >= 11 is 5.82.